The van der Waals surface area contributed by atoms with Gasteiger partial charge in [-0.1, -0.05) is 31.5 Å². The lowest BCUT2D eigenvalue weighted by molar-refractivity contribution is -0.124. The van der Waals surface area contributed by atoms with Crippen LogP contribution in [0.25, 0.3) is 0 Å². The molecular weight excluding hydrogens is 329 g/mol. The highest BCUT2D eigenvalue weighted by atomic mass is 35.5. The molecule has 0 heterocycles. The van der Waals surface area contributed by atoms with E-state index in [9.17, 15) is 14.4 Å². The van der Waals surface area contributed by atoms with E-state index in [-0.39, 0.29) is 36.8 Å². The zero-order valence-electron chi connectivity index (χ0n) is 14.3. The first-order valence-corrected chi connectivity index (χ1v) is 8.54. The minimum absolute atomic E-state index is 0.0122. The van der Waals surface area contributed by atoms with Gasteiger partial charge in [-0.05, 0) is 37.8 Å². The standard InChI is InChI=1S/C18H23ClFN3O/c1-12(2)18(3,11-21)22-17(24)10-23(13-7-8-13)9-14-15(19)5-4-6-16(14)20/h4-6,12-13H,7-10H2,1-3H3,(H,22,24). The first-order valence-electron chi connectivity index (χ1n) is 8.16. The molecule has 4 nitrogen and oxygen atoms in total. The Bertz CT molecular complexity index is 634. The van der Waals surface area contributed by atoms with Crippen molar-refractivity contribution in [1.82, 2.24) is 10.2 Å². The second-order valence-electron chi connectivity index (χ2n) is 6.85. The molecule has 2 rings (SSSR count). The SMILES string of the molecule is CC(C)C(C)(C#N)NC(=O)CN(Cc1c(F)cccc1Cl)C1CC1. The van der Waals surface area contributed by atoms with Crippen LogP contribution in [0.4, 0.5) is 4.39 Å². The Kier molecular flexibility index (Phi) is 5.84. The average molecular weight is 352 g/mol. The minimum Gasteiger partial charge on any atom is -0.337 e. The quantitative estimate of drug-likeness (QED) is 0.818. The van der Waals surface area contributed by atoms with E-state index >= 15 is 0 Å². The second-order valence-corrected chi connectivity index (χ2v) is 7.26. The Hall–Kier alpha value is -1.64. The summed E-state index contributed by atoms with van der Waals surface area (Å²) in [4.78, 5) is 14.3. The van der Waals surface area contributed by atoms with Crippen LogP contribution >= 0.6 is 11.6 Å². The topological polar surface area (TPSA) is 56.1 Å². The lowest BCUT2D eigenvalue weighted by atomic mass is 9.90. The highest BCUT2D eigenvalue weighted by Gasteiger charge is 2.34. The molecule has 130 valence electrons. The lowest BCUT2D eigenvalue weighted by Crippen LogP contribution is -2.52. The van der Waals surface area contributed by atoms with Crippen molar-refractivity contribution in [2.24, 2.45) is 5.92 Å². The van der Waals surface area contributed by atoms with Gasteiger partial charge >= 0.3 is 0 Å². The summed E-state index contributed by atoms with van der Waals surface area (Å²) in [6.45, 7) is 5.90. The van der Waals surface area contributed by atoms with Gasteiger partial charge in [0.15, 0.2) is 0 Å². The van der Waals surface area contributed by atoms with Crippen LogP contribution in [0, 0.1) is 23.1 Å². The molecule has 1 aliphatic carbocycles. The van der Waals surface area contributed by atoms with E-state index in [1.54, 1.807) is 19.1 Å². The molecule has 6 heteroatoms. The maximum atomic E-state index is 14.0. The van der Waals surface area contributed by atoms with Crippen LogP contribution in [0.3, 0.4) is 0 Å². The number of hydrogen-bond donors (Lipinski definition) is 1. The molecule has 0 radical (unpaired) electrons. The number of carbonyl (C=O) groups is 1. The molecule has 0 spiro atoms. The van der Waals surface area contributed by atoms with Gasteiger partial charge < -0.3 is 5.32 Å². The number of nitriles is 1. The van der Waals surface area contributed by atoms with E-state index in [0.29, 0.717) is 10.6 Å². The number of benzene rings is 1. The molecule has 1 aliphatic rings. The molecule has 0 aliphatic heterocycles. The van der Waals surface area contributed by atoms with Crippen molar-refractivity contribution in [3.05, 3.63) is 34.6 Å². The first kappa shape index (κ1) is 18.7. The molecule has 1 N–H and O–H groups in total. The van der Waals surface area contributed by atoms with Gasteiger partial charge in [-0.3, -0.25) is 9.69 Å². The average Bonchev–Trinajstić information content (AvgIpc) is 3.34. The highest BCUT2D eigenvalue weighted by Crippen LogP contribution is 2.30. The van der Waals surface area contributed by atoms with Crippen LogP contribution in [-0.2, 0) is 11.3 Å². The second kappa shape index (κ2) is 7.50. The maximum absolute atomic E-state index is 14.0. The zero-order chi connectivity index (χ0) is 17.9. The number of halogens is 2. The third-order valence-corrected chi connectivity index (χ3v) is 4.97. The van der Waals surface area contributed by atoms with Crippen molar-refractivity contribution in [3.8, 4) is 6.07 Å². The predicted octanol–water partition coefficient (Wildman–Crippen LogP) is 3.50. The van der Waals surface area contributed by atoms with Crippen LogP contribution in [0.15, 0.2) is 18.2 Å². The number of nitrogens with one attached hydrogen (secondary N) is 1. The number of carbonyl (C=O) groups excluding carboxylic acids is 1. The fraction of sp³-hybridized carbons (Fsp3) is 0.556. The Morgan fingerprint density at radius 3 is 2.71 bits per heavy atom. The Balaban J connectivity index is 2.07. The van der Waals surface area contributed by atoms with Crippen molar-refractivity contribution in [1.29, 1.82) is 5.26 Å². The Labute approximate surface area is 147 Å². The molecule has 1 fully saturated rings. The predicted molar refractivity (Wildman–Crippen MR) is 91.8 cm³/mol. The smallest absolute Gasteiger partial charge is 0.235 e. The Morgan fingerprint density at radius 1 is 1.54 bits per heavy atom. The van der Waals surface area contributed by atoms with E-state index in [1.807, 2.05) is 18.7 Å². The summed E-state index contributed by atoms with van der Waals surface area (Å²) in [5.74, 6) is -0.605. The molecular formula is C18H23ClFN3O. The number of hydrogen-bond acceptors (Lipinski definition) is 3. The van der Waals surface area contributed by atoms with Crippen molar-refractivity contribution in [2.75, 3.05) is 6.54 Å². The zero-order valence-corrected chi connectivity index (χ0v) is 15.0. The molecule has 24 heavy (non-hydrogen) atoms. The molecule has 1 unspecified atom stereocenters. The molecule has 1 atom stereocenters. The third-order valence-electron chi connectivity index (χ3n) is 4.62. The van der Waals surface area contributed by atoms with Crippen molar-refractivity contribution in [2.45, 2.75) is 51.7 Å². The lowest BCUT2D eigenvalue weighted by Gasteiger charge is -2.29. The van der Waals surface area contributed by atoms with Gasteiger partial charge in [-0.25, -0.2) is 4.39 Å². The summed E-state index contributed by atoms with van der Waals surface area (Å²) in [6.07, 6.45) is 1.97. The number of amides is 1. The fourth-order valence-electron chi connectivity index (χ4n) is 2.46. The summed E-state index contributed by atoms with van der Waals surface area (Å²) in [7, 11) is 0. The van der Waals surface area contributed by atoms with Crippen molar-refractivity contribution < 1.29 is 9.18 Å². The molecule has 0 bridgehead atoms. The van der Waals surface area contributed by atoms with Gasteiger partial charge in [0.1, 0.15) is 11.4 Å². The van der Waals surface area contributed by atoms with Gasteiger partial charge in [0.25, 0.3) is 0 Å². The minimum atomic E-state index is -0.915. The van der Waals surface area contributed by atoms with Crippen LogP contribution in [0.5, 0.6) is 0 Å². The van der Waals surface area contributed by atoms with E-state index in [1.165, 1.54) is 6.07 Å². The monoisotopic (exact) mass is 351 g/mol. The number of rotatable bonds is 7. The highest BCUT2D eigenvalue weighted by molar-refractivity contribution is 6.31. The van der Waals surface area contributed by atoms with Crippen molar-refractivity contribution in [3.63, 3.8) is 0 Å². The van der Waals surface area contributed by atoms with E-state index < -0.39 is 5.54 Å². The summed E-state index contributed by atoms with van der Waals surface area (Å²) >= 11 is 6.10. The molecule has 1 saturated carbocycles. The van der Waals surface area contributed by atoms with E-state index in [0.717, 1.165) is 12.8 Å². The maximum Gasteiger partial charge on any atom is 0.235 e. The molecule has 1 aromatic carbocycles. The van der Waals surface area contributed by atoms with Gasteiger partial charge in [0.05, 0.1) is 12.6 Å². The van der Waals surface area contributed by atoms with Crippen LogP contribution < -0.4 is 5.32 Å². The summed E-state index contributed by atoms with van der Waals surface area (Å²) < 4.78 is 14.0. The summed E-state index contributed by atoms with van der Waals surface area (Å²) in [6, 6.07) is 7.01. The normalized spacial score (nSPS) is 16.8. The van der Waals surface area contributed by atoms with Crippen LogP contribution in [-0.4, -0.2) is 28.9 Å². The van der Waals surface area contributed by atoms with E-state index in [2.05, 4.69) is 11.4 Å². The summed E-state index contributed by atoms with van der Waals surface area (Å²) in [5, 5.41) is 12.5. The third kappa shape index (κ3) is 4.46. The van der Waals surface area contributed by atoms with Gasteiger partial charge in [-0.2, -0.15) is 5.26 Å². The largest absolute Gasteiger partial charge is 0.337 e. The fourth-order valence-corrected chi connectivity index (χ4v) is 2.68. The summed E-state index contributed by atoms with van der Waals surface area (Å²) in [5.41, 5.74) is -0.507. The van der Waals surface area contributed by atoms with Gasteiger partial charge in [0.2, 0.25) is 5.91 Å². The molecule has 1 amide bonds. The molecule has 1 aromatic rings. The molecule has 0 aromatic heterocycles. The van der Waals surface area contributed by atoms with E-state index in [4.69, 9.17) is 11.6 Å². The van der Waals surface area contributed by atoms with Gasteiger partial charge in [-0.15, -0.1) is 0 Å². The van der Waals surface area contributed by atoms with Crippen LogP contribution in [0.1, 0.15) is 39.2 Å². The Morgan fingerprint density at radius 2 is 2.21 bits per heavy atom. The molecule has 0 saturated heterocycles. The first-order chi connectivity index (χ1) is 11.3. The van der Waals surface area contributed by atoms with Gasteiger partial charge in [0, 0.05) is 23.2 Å². The van der Waals surface area contributed by atoms with Crippen molar-refractivity contribution >= 4 is 17.5 Å². The number of nitrogens with zero attached hydrogens (tertiary/aromatic N) is 2. The van der Waals surface area contributed by atoms with Crippen LogP contribution in [0.2, 0.25) is 5.02 Å².